The lowest BCUT2D eigenvalue weighted by Crippen LogP contribution is -2.04. The molecule has 1 aromatic heterocycles. The standard InChI is InChI=1S/C13H14F2N2O3/c1-2-19-11-5-8(3-4-10(11)20-13(14)15)12-16-6-9(7-18)17-12/h3-6,13,18H,2,7H2,1H3,(H,16,17). The quantitative estimate of drug-likeness (QED) is 0.855. The molecule has 0 atom stereocenters. The van der Waals surface area contributed by atoms with E-state index in [0.29, 0.717) is 23.7 Å². The van der Waals surface area contributed by atoms with E-state index in [1.165, 1.54) is 12.3 Å². The molecule has 0 radical (unpaired) electrons. The largest absolute Gasteiger partial charge is 0.490 e. The van der Waals surface area contributed by atoms with Gasteiger partial charge in [0.25, 0.3) is 0 Å². The molecular weight excluding hydrogens is 270 g/mol. The molecule has 2 rings (SSSR count). The third-order valence-corrected chi connectivity index (χ3v) is 2.53. The minimum Gasteiger partial charge on any atom is -0.490 e. The van der Waals surface area contributed by atoms with Gasteiger partial charge in [-0.15, -0.1) is 0 Å². The van der Waals surface area contributed by atoms with Crippen molar-refractivity contribution >= 4 is 0 Å². The molecule has 0 amide bonds. The van der Waals surface area contributed by atoms with Gasteiger partial charge in [0.2, 0.25) is 0 Å². The van der Waals surface area contributed by atoms with Gasteiger partial charge in [0.15, 0.2) is 11.5 Å². The summed E-state index contributed by atoms with van der Waals surface area (Å²) in [5.41, 5.74) is 1.21. The summed E-state index contributed by atoms with van der Waals surface area (Å²) < 4.78 is 34.2. The van der Waals surface area contributed by atoms with Crippen molar-refractivity contribution in [2.45, 2.75) is 20.1 Å². The Bertz CT molecular complexity index is 572. The van der Waals surface area contributed by atoms with Crippen molar-refractivity contribution in [3.63, 3.8) is 0 Å². The van der Waals surface area contributed by atoms with Crippen molar-refractivity contribution < 1.29 is 23.4 Å². The SMILES string of the molecule is CCOc1cc(-c2ncc(CO)[nH]2)ccc1OC(F)F. The summed E-state index contributed by atoms with van der Waals surface area (Å²) in [5.74, 6) is 0.699. The van der Waals surface area contributed by atoms with Crippen molar-refractivity contribution in [2.75, 3.05) is 6.61 Å². The number of alkyl halides is 2. The average molecular weight is 284 g/mol. The minimum absolute atomic E-state index is 0.0282. The molecule has 1 aromatic carbocycles. The number of nitrogens with zero attached hydrogens (tertiary/aromatic N) is 1. The van der Waals surface area contributed by atoms with Crippen LogP contribution in [0.5, 0.6) is 11.5 Å². The first-order valence-electron chi connectivity index (χ1n) is 6.00. The average Bonchev–Trinajstić information content (AvgIpc) is 2.89. The van der Waals surface area contributed by atoms with Gasteiger partial charge in [0, 0.05) is 5.56 Å². The Balaban J connectivity index is 2.33. The number of aromatic nitrogens is 2. The summed E-state index contributed by atoms with van der Waals surface area (Å²) in [6.07, 6.45) is 1.50. The Kier molecular flexibility index (Phi) is 4.52. The van der Waals surface area contributed by atoms with Gasteiger partial charge in [-0.25, -0.2) is 4.98 Å². The Morgan fingerprint density at radius 3 is 2.75 bits per heavy atom. The van der Waals surface area contributed by atoms with Crippen LogP contribution in [0.3, 0.4) is 0 Å². The molecular formula is C13H14F2N2O3. The molecule has 0 saturated heterocycles. The van der Waals surface area contributed by atoms with Crippen LogP contribution in [0, 0.1) is 0 Å². The molecule has 0 saturated carbocycles. The van der Waals surface area contributed by atoms with Gasteiger partial charge in [0.05, 0.1) is 25.1 Å². The lowest BCUT2D eigenvalue weighted by molar-refractivity contribution is -0.0514. The van der Waals surface area contributed by atoms with Crippen LogP contribution in [0.1, 0.15) is 12.6 Å². The van der Waals surface area contributed by atoms with Crippen molar-refractivity contribution in [1.29, 1.82) is 0 Å². The zero-order valence-electron chi connectivity index (χ0n) is 10.8. The second kappa shape index (κ2) is 6.33. The van der Waals surface area contributed by atoms with Crippen LogP contribution in [0.15, 0.2) is 24.4 Å². The molecule has 0 aliphatic rings. The number of hydrogen-bond acceptors (Lipinski definition) is 4. The Morgan fingerprint density at radius 2 is 2.15 bits per heavy atom. The van der Waals surface area contributed by atoms with E-state index in [9.17, 15) is 8.78 Å². The van der Waals surface area contributed by atoms with Crippen molar-refractivity contribution in [3.8, 4) is 22.9 Å². The van der Waals surface area contributed by atoms with E-state index in [1.807, 2.05) is 0 Å². The number of rotatable bonds is 6. The fraction of sp³-hybridized carbons (Fsp3) is 0.308. The molecule has 108 valence electrons. The highest BCUT2D eigenvalue weighted by Crippen LogP contribution is 2.32. The van der Waals surface area contributed by atoms with Gasteiger partial charge in [-0.2, -0.15) is 8.78 Å². The number of imidazole rings is 1. The molecule has 0 spiro atoms. The first-order chi connectivity index (χ1) is 9.63. The number of ether oxygens (including phenoxy) is 2. The maximum Gasteiger partial charge on any atom is 0.387 e. The number of nitrogens with one attached hydrogen (secondary N) is 1. The highest BCUT2D eigenvalue weighted by atomic mass is 19.3. The lowest BCUT2D eigenvalue weighted by atomic mass is 10.2. The summed E-state index contributed by atoms with van der Waals surface area (Å²) in [7, 11) is 0. The summed E-state index contributed by atoms with van der Waals surface area (Å²) in [4.78, 5) is 6.99. The fourth-order valence-corrected chi connectivity index (χ4v) is 1.70. The maximum atomic E-state index is 12.3. The van der Waals surface area contributed by atoms with Gasteiger partial charge in [-0.3, -0.25) is 0 Å². The smallest absolute Gasteiger partial charge is 0.387 e. The van der Waals surface area contributed by atoms with E-state index in [4.69, 9.17) is 9.84 Å². The van der Waals surface area contributed by atoms with E-state index >= 15 is 0 Å². The van der Waals surface area contributed by atoms with Crippen LogP contribution < -0.4 is 9.47 Å². The Morgan fingerprint density at radius 1 is 1.35 bits per heavy atom. The third kappa shape index (κ3) is 3.24. The van der Waals surface area contributed by atoms with Gasteiger partial charge in [0.1, 0.15) is 5.82 Å². The molecule has 0 fully saturated rings. The molecule has 7 heteroatoms. The molecule has 0 aliphatic carbocycles. The predicted molar refractivity (Wildman–Crippen MR) is 67.7 cm³/mol. The van der Waals surface area contributed by atoms with Crippen molar-refractivity contribution in [1.82, 2.24) is 9.97 Å². The third-order valence-electron chi connectivity index (χ3n) is 2.53. The number of aliphatic hydroxyl groups is 1. The Hall–Kier alpha value is -2.15. The number of aromatic amines is 1. The monoisotopic (exact) mass is 284 g/mol. The first kappa shape index (κ1) is 14.3. The number of halogens is 2. The van der Waals surface area contributed by atoms with E-state index in [0.717, 1.165) is 0 Å². The number of hydrogen-bond donors (Lipinski definition) is 2. The van der Waals surface area contributed by atoms with Crippen molar-refractivity contribution in [3.05, 3.63) is 30.1 Å². The number of H-pyrrole nitrogens is 1. The van der Waals surface area contributed by atoms with E-state index in [1.54, 1.807) is 19.1 Å². The zero-order valence-corrected chi connectivity index (χ0v) is 10.8. The molecule has 0 unspecified atom stereocenters. The van der Waals surface area contributed by atoms with Crippen molar-refractivity contribution in [2.24, 2.45) is 0 Å². The molecule has 2 aromatic rings. The summed E-state index contributed by atoms with van der Waals surface area (Å²) >= 11 is 0. The lowest BCUT2D eigenvalue weighted by Gasteiger charge is -2.12. The highest BCUT2D eigenvalue weighted by molar-refractivity contribution is 5.61. The number of benzene rings is 1. The second-order valence-electron chi connectivity index (χ2n) is 3.89. The van der Waals surface area contributed by atoms with Crippen LogP contribution in [0.2, 0.25) is 0 Å². The van der Waals surface area contributed by atoms with Gasteiger partial charge >= 0.3 is 6.61 Å². The second-order valence-corrected chi connectivity index (χ2v) is 3.89. The minimum atomic E-state index is -2.91. The summed E-state index contributed by atoms with van der Waals surface area (Å²) in [6, 6.07) is 4.54. The molecule has 0 bridgehead atoms. The van der Waals surface area contributed by atoms with Crippen LogP contribution in [-0.2, 0) is 6.61 Å². The first-order valence-corrected chi connectivity index (χ1v) is 6.00. The fourth-order valence-electron chi connectivity index (χ4n) is 1.70. The van der Waals surface area contributed by atoms with Crippen LogP contribution in [0.4, 0.5) is 8.78 Å². The van der Waals surface area contributed by atoms with E-state index in [2.05, 4.69) is 14.7 Å². The van der Waals surface area contributed by atoms with Gasteiger partial charge in [-0.1, -0.05) is 0 Å². The molecule has 1 heterocycles. The molecule has 5 nitrogen and oxygen atoms in total. The number of aliphatic hydroxyl groups excluding tert-OH is 1. The van der Waals surface area contributed by atoms with E-state index < -0.39 is 6.61 Å². The molecule has 20 heavy (non-hydrogen) atoms. The van der Waals surface area contributed by atoms with Crippen LogP contribution in [-0.4, -0.2) is 28.3 Å². The topological polar surface area (TPSA) is 67.4 Å². The van der Waals surface area contributed by atoms with Gasteiger partial charge in [-0.05, 0) is 25.1 Å². The van der Waals surface area contributed by atoms with E-state index in [-0.39, 0.29) is 18.1 Å². The van der Waals surface area contributed by atoms with Gasteiger partial charge < -0.3 is 19.6 Å². The highest BCUT2D eigenvalue weighted by Gasteiger charge is 2.13. The molecule has 2 N–H and O–H groups in total. The maximum absolute atomic E-state index is 12.3. The molecule has 0 aliphatic heterocycles. The summed E-state index contributed by atoms with van der Waals surface area (Å²) in [5, 5.41) is 8.98. The van der Waals surface area contributed by atoms with Crippen LogP contribution in [0.25, 0.3) is 11.4 Å². The Labute approximate surface area is 114 Å². The summed E-state index contributed by atoms with van der Waals surface area (Å²) in [6.45, 7) is -0.999. The van der Waals surface area contributed by atoms with Crippen LogP contribution >= 0.6 is 0 Å². The zero-order chi connectivity index (χ0) is 14.5. The predicted octanol–water partition coefficient (Wildman–Crippen LogP) is 2.57. The normalized spacial score (nSPS) is 10.8.